The molecule has 0 aliphatic carbocycles. The van der Waals surface area contributed by atoms with Gasteiger partial charge >= 0.3 is 5.69 Å². The van der Waals surface area contributed by atoms with Crippen molar-refractivity contribution in [2.45, 2.75) is 6.54 Å². The molecule has 0 aliphatic heterocycles. The summed E-state index contributed by atoms with van der Waals surface area (Å²) in [6, 6.07) is 16.6. The lowest BCUT2D eigenvalue weighted by Crippen LogP contribution is -2.38. The van der Waals surface area contributed by atoms with Crippen LogP contribution in [0.25, 0.3) is 11.2 Å². The molecule has 0 fully saturated rings. The van der Waals surface area contributed by atoms with Gasteiger partial charge in [0.15, 0.2) is 11.2 Å². The van der Waals surface area contributed by atoms with E-state index >= 15 is 0 Å². The van der Waals surface area contributed by atoms with E-state index in [0.717, 1.165) is 10.1 Å². The van der Waals surface area contributed by atoms with Crippen molar-refractivity contribution in [3.8, 4) is 11.5 Å². The lowest BCUT2D eigenvalue weighted by atomic mass is 10.2. The molecule has 4 aromatic rings. The summed E-state index contributed by atoms with van der Waals surface area (Å²) in [4.78, 5) is 40.9. The monoisotopic (exact) mass is 432 g/mol. The van der Waals surface area contributed by atoms with Gasteiger partial charge in [0.25, 0.3) is 11.5 Å². The predicted molar refractivity (Wildman–Crippen MR) is 119 cm³/mol. The summed E-state index contributed by atoms with van der Waals surface area (Å²) >= 11 is 0. The molecule has 1 amide bonds. The van der Waals surface area contributed by atoms with E-state index in [2.05, 4.69) is 15.5 Å². The Kier molecular flexibility index (Phi) is 5.67. The van der Waals surface area contributed by atoms with Gasteiger partial charge < -0.3 is 9.30 Å². The van der Waals surface area contributed by atoms with Crippen LogP contribution < -0.4 is 21.4 Å². The van der Waals surface area contributed by atoms with Gasteiger partial charge in [0.05, 0.1) is 12.5 Å². The van der Waals surface area contributed by atoms with Crippen LogP contribution in [0.4, 0.5) is 0 Å². The zero-order valence-electron chi connectivity index (χ0n) is 17.4. The number of aromatic nitrogens is 4. The number of benzene rings is 2. The highest BCUT2D eigenvalue weighted by molar-refractivity contribution is 5.83. The maximum absolute atomic E-state index is 12.4. The molecule has 2 heterocycles. The summed E-state index contributed by atoms with van der Waals surface area (Å²) in [5.41, 5.74) is 2.53. The van der Waals surface area contributed by atoms with Crippen molar-refractivity contribution in [2.24, 2.45) is 19.2 Å². The summed E-state index contributed by atoms with van der Waals surface area (Å²) in [5.74, 6) is 0.900. The van der Waals surface area contributed by atoms with Crippen molar-refractivity contribution in [1.82, 2.24) is 24.1 Å². The molecule has 4 rings (SSSR count). The summed E-state index contributed by atoms with van der Waals surface area (Å²) < 4.78 is 9.40. The first-order chi connectivity index (χ1) is 15.4. The second-order valence-electron chi connectivity index (χ2n) is 7.03. The molecule has 0 saturated heterocycles. The Morgan fingerprint density at radius 2 is 1.81 bits per heavy atom. The van der Waals surface area contributed by atoms with Crippen molar-refractivity contribution >= 4 is 23.3 Å². The average molecular weight is 432 g/mol. The summed E-state index contributed by atoms with van der Waals surface area (Å²) in [5, 5.41) is 3.97. The zero-order chi connectivity index (χ0) is 22.7. The summed E-state index contributed by atoms with van der Waals surface area (Å²) in [7, 11) is 2.89. The van der Waals surface area contributed by atoms with Crippen molar-refractivity contribution < 1.29 is 9.53 Å². The number of carbonyl (C=O) groups is 1. The van der Waals surface area contributed by atoms with Crippen LogP contribution in [0.3, 0.4) is 0 Å². The fourth-order valence-corrected chi connectivity index (χ4v) is 3.17. The first-order valence-corrected chi connectivity index (χ1v) is 9.70. The number of imidazole rings is 1. The normalized spacial score (nSPS) is 11.2. The second kappa shape index (κ2) is 8.72. The number of amides is 1. The van der Waals surface area contributed by atoms with Gasteiger partial charge in [-0.1, -0.05) is 30.3 Å². The average Bonchev–Trinajstić information content (AvgIpc) is 3.21. The van der Waals surface area contributed by atoms with E-state index in [1.165, 1.54) is 35.8 Å². The number of ether oxygens (including phenoxy) is 1. The van der Waals surface area contributed by atoms with Crippen LogP contribution in [0, 0.1) is 0 Å². The molecule has 1 N–H and O–H groups in total. The lowest BCUT2D eigenvalue weighted by Gasteiger charge is -2.06. The Hall–Kier alpha value is -4.47. The van der Waals surface area contributed by atoms with E-state index in [1.54, 1.807) is 6.07 Å². The fourth-order valence-electron chi connectivity index (χ4n) is 3.17. The number of fused-ring (bicyclic) bond motifs is 1. The molecule has 0 bridgehead atoms. The predicted octanol–water partition coefficient (Wildman–Crippen LogP) is 1.38. The minimum Gasteiger partial charge on any atom is -0.457 e. The topological polar surface area (TPSA) is 113 Å². The number of nitrogens with zero attached hydrogens (tertiary/aromatic N) is 5. The van der Waals surface area contributed by atoms with Gasteiger partial charge in [-0.3, -0.25) is 18.7 Å². The number of hydrogen-bond acceptors (Lipinski definition) is 6. The minimum atomic E-state index is -0.521. The van der Waals surface area contributed by atoms with Gasteiger partial charge in [-0.25, -0.2) is 15.2 Å². The number of nitrogens with one attached hydrogen (secondary N) is 1. The summed E-state index contributed by atoms with van der Waals surface area (Å²) in [6.07, 6.45) is 2.84. The maximum atomic E-state index is 12.4. The Bertz CT molecular complexity index is 1430. The Morgan fingerprint density at radius 1 is 1.06 bits per heavy atom. The van der Waals surface area contributed by atoms with Crippen molar-refractivity contribution in [2.75, 3.05) is 0 Å². The van der Waals surface area contributed by atoms with E-state index in [-0.39, 0.29) is 17.7 Å². The van der Waals surface area contributed by atoms with Crippen LogP contribution in [0.15, 0.2) is 75.6 Å². The highest BCUT2D eigenvalue weighted by Gasteiger charge is 2.15. The van der Waals surface area contributed by atoms with Gasteiger partial charge in [-0.05, 0) is 29.8 Å². The molecule has 2 aromatic heterocycles. The Morgan fingerprint density at radius 3 is 2.59 bits per heavy atom. The molecule has 10 heteroatoms. The minimum absolute atomic E-state index is 0.166. The first-order valence-electron chi connectivity index (χ1n) is 9.70. The largest absolute Gasteiger partial charge is 0.457 e. The molecular formula is C22H20N6O4. The molecule has 0 unspecified atom stereocenters. The first kappa shape index (κ1) is 20.8. The third kappa shape index (κ3) is 4.19. The second-order valence-corrected chi connectivity index (χ2v) is 7.03. The van der Waals surface area contributed by atoms with Crippen LogP contribution in [0.5, 0.6) is 11.5 Å². The Labute approximate surface area is 182 Å². The number of carbonyl (C=O) groups excluding carboxylic acids is 1. The van der Waals surface area contributed by atoms with Crippen molar-refractivity contribution in [3.05, 3.63) is 87.3 Å². The SMILES string of the molecule is Cn1c(=O)c2c(ncn2CC(=O)N/N=C/c2cccc(Oc3ccccc3)c2)n(C)c1=O. The van der Waals surface area contributed by atoms with E-state index in [9.17, 15) is 14.4 Å². The molecule has 0 spiro atoms. The van der Waals surface area contributed by atoms with Crippen molar-refractivity contribution in [1.29, 1.82) is 0 Å². The molecule has 0 aliphatic rings. The van der Waals surface area contributed by atoms with Gasteiger partial charge in [0.1, 0.15) is 18.0 Å². The standard InChI is InChI=1S/C22H20N6O4/c1-26-20-19(21(30)27(2)22(26)31)28(14-23-20)13-18(29)25-24-12-15-7-6-10-17(11-15)32-16-8-4-3-5-9-16/h3-12,14H,13H2,1-2H3,(H,25,29)/b24-12+. The molecule has 0 atom stereocenters. The molecule has 10 nitrogen and oxygen atoms in total. The molecule has 32 heavy (non-hydrogen) atoms. The number of aryl methyl sites for hydroxylation is 1. The molecule has 162 valence electrons. The van der Waals surface area contributed by atoms with Gasteiger partial charge in [-0.15, -0.1) is 0 Å². The summed E-state index contributed by atoms with van der Waals surface area (Å²) in [6.45, 7) is -0.182. The highest BCUT2D eigenvalue weighted by Crippen LogP contribution is 2.21. The Balaban J connectivity index is 1.44. The fraction of sp³-hybridized carbons (Fsp3) is 0.136. The van der Waals surface area contributed by atoms with Crippen LogP contribution >= 0.6 is 0 Å². The van der Waals surface area contributed by atoms with E-state index in [4.69, 9.17) is 4.74 Å². The quantitative estimate of drug-likeness (QED) is 0.365. The number of hydrogen-bond donors (Lipinski definition) is 1. The third-order valence-electron chi connectivity index (χ3n) is 4.77. The lowest BCUT2D eigenvalue weighted by molar-refractivity contribution is -0.121. The number of rotatable bonds is 6. The molecular weight excluding hydrogens is 412 g/mol. The van der Waals surface area contributed by atoms with E-state index in [1.807, 2.05) is 48.5 Å². The smallest absolute Gasteiger partial charge is 0.332 e. The van der Waals surface area contributed by atoms with Crippen LogP contribution in [-0.2, 0) is 25.4 Å². The van der Waals surface area contributed by atoms with Crippen molar-refractivity contribution in [3.63, 3.8) is 0 Å². The van der Waals surface area contributed by atoms with Crippen LogP contribution in [-0.4, -0.2) is 30.8 Å². The maximum Gasteiger partial charge on any atom is 0.332 e. The zero-order valence-corrected chi connectivity index (χ0v) is 17.4. The highest BCUT2D eigenvalue weighted by atomic mass is 16.5. The van der Waals surface area contributed by atoms with Gasteiger partial charge in [0.2, 0.25) is 0 Å². The van der Waals surface area contributed by atoms with E-state index < -0.39 is 17.2 Å². The van der Waals surface area contributed by atoms with Crippen LogP contribution in [0.2, 0.25) is 0 Å². The number of para-hydroxylation sites is 1. The van der Waals surface area contributed by atoms with E-state index in [0.29, 0.717) is 11.5 Å². The molecule has 0 saturated carbocycles. The molecule has 2 aromatic carbocycles. The third-order valence-corrected chi connectivity index (χ3v) is 4.77. The molecule has 0 radical (unpaired) electrons. The number of hydrazone groups is 1. The van der Waals surface area contributed by atoms with Gasteiger partial charge in [-0.2, -0.15) is 5.10 Å². The van der Waals surface area contributed by atoms with Gasteiger partial charge in [0, 0.05) is 14.1 Å². The van der Waals surface area contributed by atoms with Crippen LogP contribution in [0.1, 0.15) is 5.56 Å².